The number of hydrogen-bond donors (Lipinski definition) is 0. The number of hydrogen-bond acceptors (Lipinski definition) is 0. The standard InChI is InChI=1S/C9H16/c1-6(2)8-5-9(8)7-3-4-7/h6-9H,3-5H2,1-2H3/t8?,9-/m0/s1. The van der Waals surface area contributed by atoms with Gasteiger partial charge in [-0.25, -0.2) is 0 Å². The van der Waals surface area contributed by atoms with Gasteiger partial charge in [0.2, 0.25) is 0 Å². The lowest BCUT2D eigenvalue weighted by Crippen LogP contribution is -1.93. The van der Waals surface area contributed by atoms with Crippen molar-refractivity contribution in [3.05, 3.63) is 0 Å². The van der Waals surface area contributed by atoms with Crippen molar-refractivity contribution in [2.24, 2.45) is 23.7 Å². The lowest BCUT2D eigenvalue weighted by molar-refractivity contribution is 0.494. The van der Waals surface area contributed by atoms with Crippen LogP contribution in [-0.4, -0.2) is 0 Å². The van der Waals surface area contributed by atoms with E-state index in [0.717, 1.165) is 11.8 Å². The van der Waals surface area contributed by atoms with Crippen LogP contribution in [0.25, 0.3) is 0 Å². The molecule has 2 atom stereocenters. The zero-order chi connectivity index (χ0) is 6.43. The summed E-state index contributed by atoms with van der Waals surface area (Å²) in [6, 6.07) is 0. The molecular weight excluding hydrogens is 108 g/mol. The van der Waals surface area contributed by atoms with E-state index in [2.05, 4.69) is 13.8 Å². The van der Waals surface area contributed by atoms with Crippen LogP contribution in [0.15, 0.2) is 0 Å². The minimum absolute atomic E-state index is 0.968. The molecule has 0 heterocycles. The summed E-state index contributed by atoms with van der Waals surface area (Å²) in [7, 11) is 0. The first-order valence-electron chi connectivity index (χ1n) is 4.29. The van der Waals surface area contributed by atoms with Crippen molar-refractivity contribution < 1.29 is 0 Å². The van der Waals surface area contributed by atoms with Crippen LogP contribution in [0.3, 0.4) is 0 Å². The third kappa shape index (κ3) is 0.997. The van der Waals surface area contributed by atoms with Crippen LogP contribution in [0.5, 0.6) is 0 Å². The Hall–Kier alpha value is 0. The summed E-state index contributed by atoms with van der Waals surface area (Å²) < 4.78 is 0. The second-order valence-electron chi connectivity index (χ2n) is 4.14. The molecule has 0 aromatic rings. The van der Waals surface area contributed by atoms with Gasteiger partial charge in [0, 0.05) is 0 Å². The lowest BCUT2D eigenvalue weighted by Gasteiger charge is -1.99. The Morgan fingerprint density at radius 1 is 1.22 bits per heavy atom. The van der Waals surface area contributed by atoms with Gasteiger partial charge in [0.25, 0.3) is 0 Å². The molecule has 0 heteroatoms. The van der Waals surface area contributed by atoms with Gasteiger partial charge in [-0.15, -0.1) is 0 Å². The monoisotopic (exact) mass is 124 g/mol. The van der Waals surface area contributed by atoms with Gasteiger partial charge < -0.3 is 0 Å². The molecule has 9 heavy (non-hydrogen) atoms. The Morgan fingerprint density at radius 3 is 2.22 bits per heavy atom. The highest BCUT2D eigenvalue weighted by atomic mass is 14.5. The Kier molecular flexibility index (Phi) is 1.12. The molecule has 1 unspecified atom stereocenters. The average Bonchev–Trinajstić information content (AvgIpc) is 2.60. The third-order valence-electron chi connectivity index (χ3n) is 2.97. The van der Waals surface area contributed by atoms with Crippen LogP contribution in [0.4, 0.5) is 0 Å². The fourth-order valence-corrected chi connectivity index (χ4v) is 2.07. The molecule has 52 valence electrons. The van der Waals surface area contributed by atoms with Gasteiger partial charge in [0.15, 0.2) is 0 Å². The third-order valence-corrected chi connectivity index (χ3v) is 2.97. The van der Waals surface area contributed by atoms with Crippen molar-refractivity contribution in [3.63, 3.8) is 0 Å². The van der Waals surface area contributed by atoms with Crippen molar-refractivity contribution in [1.82, 2.24) is 0 Å². The molecule has 2 rings (SSSR count). The Morgan fingerprint density at radius 2 is 1.89 bits per heavy atom. The average molecular weight is 124 g/mol. The maximum absolute atomic E-state index is 2.37. The largest absolute Gasteiger partial charge is 0.0625 e. The van der Waals surface area contributed by atoms with E-state index < -0.39 is 0 Å². The quantitative estimate of drug-likeness (QED) is 0.531. The number of rotatable bonds is 2. The molecule has 0 bridgehead atoms. The Labute approximate surface area is 57.6 Å². The normalized spacial score (nSPS) is 41.7. The van der Waals surface area contributed by atoms with E-state index in [9.17, 15) is 0 Å². The van der Waals surface area contributed by atoms with Gasteiger partial charge in [-0.3, -0.25) is 0 Å². The van der Waals surface area contributed by atoms with Crippen molar-refractivity contribution in [1.29, 1.82) is 0 Å². The summed E-state index contributed by atoms with van der Waals surface area (Å²) in [4.78, 5) is 0. The topological polar surface area (TPSA) is 0 Å². The zero-order valence-corrected chi connectivity index (χ0v) is 6.43. The molecule has 2 aliphatic carbocycles. The van der Waals surface area contributed by atoms with Crippen LogP contribution in [-0.2, 0) is 0 Å². The summed E-state index contributed by atoms with van der Waals surface area (Å²) in [5.41, 5.74) is 0. The van der Waals surface area contributed by atoms with E-state index in [1.165, 1.54) is 11.8 Å². The van der Waals surface area contributed by atoms with E-state index in [-0.39, 0.29) is 0 Å². The molecule has 0 aliphatic heterocycles. The van der Waals surface area contributed by atoms with Gasteiger partial charge in [-0.1, -0.05) is 13.8 Å². The highest BCUT2D eigenvalue weighted by molar-refractivity contribution is 4.97. The second-order valence-corrected chi connectivity index (χ2v) is 4.14. The summed E-state index contributed by atoms with van der Waals surface area (Å²) >= 11 is 0. The molecule has 2 fully saturated rings. The molecule has 0 N–H and O–H groups in total. The molecule has 0 radical (unpaired) electrons. The predicted octanol–water partition coefficient (Wildman–Crippen LogP) is 2.69. The van der Waals surface area contributed by atoms with E-state index in [0.29, 0.717) is 0 Å². The Balaban J connectivity index is 1.81. The highest BCUT2D eigenvalue weighted by Crippen LogP contribution is 2.56. The summed E-state index contributed by atoms with van der Waals surface area (Å²) in [6.07, 6.45) is 4.66. The van der Waals surface area contributed by atoms with Gasteiger partial charge >= 0.3 is 0 Å². The minimum Gasteiger partial charge on any atom is -0.0625 e. The molecule has 0 saturated heterocycles. The van der Waals surface area contributed by atoms with Gasteiger partial charge in [0.05, 0.1) is 0 Å². The zero-order valence-electron chi connectivity index (χ0n) is 6.43. The molecular formula is C9H16. The molecule has 0 spiro atoms. The van der Waals surface area contributed by atoms with E-state index in [1.807, 2.05) is 0 Å². The van der Waals surface area contributed by atoms with E-state index in [1.54, 1.807) is 19.3 Å². The lowest BCUT2D eigenvalue weighted by atomic mass is 10.1. The molecule has 0 aromatic carbocycles. The van der Waals surface area contributed by atoms with Gasteiger partial charge in [-0.2, -0.15) is 0 Å². The first-order valence-corrected chi connectivity index (χ1v) is 4.29. The van der Waals surface area contributed by atoms with Crippen LogP contribution < -0.4 is 0 Å². The van der Waals surface area contributed by atoms with Crippen LogP contribution in [0.2, 0.25) is 0 Å². The van der Waals surface area contributed by atoms with E-state index in [4.69, 9.17) is 0 Å². The minimum atomic E-state index is 0.968. The maximum atomic E-state index is 2.37. The van der Waals surface area contributed by atoms with Crippen molar-refractivity contribution >= 4 is 0 Å². The summed E-state index contributed by atoms with van der Waals surface area (Å²) in [6.45, 7) is 4.74. The Bertz CT molecular complexity index is 105. The maximum Gasteiger partial charge on any atom is -0.0352 e. The fourth-order valence-electron chi connectivity index (χ4n) is 2.07. The van der Waals surface area contributed by atoms with Gasteiger partial charge in [0.1, 0.15) is 0 Å². The van der Waals surface area contributed by atoms with Crippen LogP contribution >= 0.6 is 0 Å². The van der Waals surface area contributed by atoms with E-state index >= 15 is 0 Å². The second kappa shape index (κ2) is 1.74. The SMILES string of the molecule is CC(C)C1C[C@H]1C1CC1. The molecule has 2 saturated carbocycles. The summed E-state index contributed by atoms with van der Waals surface area (Å²) in [5.74, 6) is 4.44. The fraction of sp³-hybridized carbons (Fsp3) is 1.00. The van der Waals surface area contributed by atoms with Crippen LogP contribution in [0.1, 0.15) is 33.1 Å². The predicted molar refractivity (Wildman–Crippen MR) is 39.2 cm³/mol. The molecule has 0 amide bonds. The first kappa shape index (κ1) is 5.76. The van der Waals surface area contributed by atoms with Crippen molar-refractivity contribution in [3.8, 4) is 0 Å². The van der Waals surface area contributed by atoms with Crippen molar-refractivity contribution in [2.45, 2.75) is 33.1 Å². The molecule has 0 aromatic heterocycles. The van der Waals surface area contributed by atoms with Crippen LogP contribution in [0, 0.1) is 23.7 Å². The summed E-state index contributed by atoms with van der Waals surface area (Å²) in [5, 5.41) is 0. The first-order chi connectivity index (χ1) is 4.29. The molecule has 0 nitrogen and oxygen atoms in total. The smallest absolute Gasteiger partial charge is 0.0352 e. The molecule has 2 aliphatic rings. The van der Waals surface area contributed by atoms with Gasteiger partial charge in [-0.05, 0) is 42.9 Å². The van der Waals surface area contributed by atoms with Crippen molar-refractivity contribution in [2.75, 3.05) is 0 Å². The highest BCUT2D eigenvalue weighted by Gasteiger charge is 2.48.